The van der Waals surface area contributed by atoms with Gasteiger partial charge in [0.2, 0.25) is 0 Å². The van der Waals surface area contributed by atoms with Crippen LogP contribution < -0.4 is 5.32 Å². The van der Waals surface area contributed by atoms with Gasteiger partial charge in [-0.25, -0.2) is 0 Å². The average molecular weight is 226 g/mol. The fourth-order valence-corrected chi connectivity index (χ4v) is 1.84. The molecule has 3 heteroatoms. The number of fused-ring (bicyclic) bond motifs is 1. The first-order chi connectivity index (χ1) is 8.13. The highest BCUT2D eigenvalue weighted by atomic mass is 16.1. The highest BCUT2D eigenvalue weighted by molar-refractivity contribution is 5.99. The molecule has 0 saturated carbocycles. The van der Waals surface area contributed by atoms with Crippen molar-refractivity contribution in [3.8, 4) is 12.3 Å². The van der Waals surface area contributed by atoms with E-state index in [0.29, 0.717) is 5.56 Å². The number of aryl methyl sites for hydroxylation is 2. The van der Waals surface area contributed by atoms with Crippen LogP contribution >= 0.6 is 0 Å². The normalized spacial score (nSPS) is 10.2. The Labute approximate surface area is 100 Å². The van der Waals surface area contributed by atoms with Crippen LogP contribution in [0.5, 0.6) is 0 Å². The van der Waals surface area contributed by atoms with E-state index in [4.69, 9.17) is 6.42 Å². The van der Waals surface area contributed by atoms with Crippen molar-refractivity contribution in [3.05, 3.63) is 35.0 Å². The van der Waals surface area contributed by atoms with E-state index in [1.807, 2.05) is 26.0 Å². The lowest BCUT2D eigenvalue weighted by atomic mass is 10.1. The molecule has 0 unspecified atom stereocenters. The summed E-state index contributed by atoms with van der Waals surface area (Å²) in [6.45, 7) is 4.31. The minimum absolute atomic E-state index is 0.136. The Morgan fingerprint density at radius 2 is 2.24 bits per heavy atom. The van der Waals surface area contributed by atoms with Crippen molar-refractivity contribution >= 4 is 16.8 Å². The van der Waals surface area contributed by atoms with Crippen LogP contribution in [0.4, 0.5) is 0 Å². The maximum Gasteiger partial charge on any atom is 0.252 e. The van der Waals surface area contributed by atoms with Gasteiger partial charge in [-0.2, -0.15) is 0 Å². The number of aromatic nitrogens is 1. The average Bonchev–Trinajstić information content (AvgIpc) is 2.62. The van der Waals surface area contributed by atoms with E-state index in [1.165, 1.54) is 5.56 Å². The predicted molar refractivity (Wildman–Crippen MR) is 68.9 cm³/mol. The Morgan fingerprint density at radius 1 is 1.47 bits per heavy atom. The monoisotopic (exact) mass is 226 g/mol. The molecule has 86 valence electrons. The predicted octanol–water partition coefficient (Wildman–Crippen LogP) is 2.15. The number of benzene rings is 1. The summed E-state index contributed by atoms with van der Waals surface area (Å²) in [6.07, 6.45) is 5.10. The maximum atomic E-state index is 11.7. The topological polar surface area (TPSA) is 44.9 Å². The Morgan fingerprint density at radius 3 is 2.94 bits per heavy atom. The third kappa shape index (κ3) is 2.02. The van der Waals surface area contributed by atoms with Crippen LogP contribution in [0.15, 0.2) is 18.2 Å². The van der Waals surface area contributed by atoms with E-state index < -0.39 is 0 Å². The molecule has 0 spiro atoms. The van der Waals surface area contributed by atoms with Gasteiger partial charge in [0, 0.05) is 22.2 Å². The Kier molecular flexibility index (Phi) is 2.88. The van der Waals surface area contributed by atoms with Gasteiger partial charge >= 0.3 is 0 Å². The van der Waals surface area contributed by atoms with Crippen LogP contribution in [0.1, 0.15) is 21.6 Å². The molecule has 2 rings (SSSR count). The molecule has 0 atom stereocenters. The van der Waals surface area contributed by atoms with Gasteiger partial charge in [-0.3, -0.25) is 4.79 Å². The van der Waals surface area contributed by atoms with Crippen LogP contribution in [0.3, 0.4) is 0 Å². The van der Waals surface area contributed by atoms with Crippen molar-refractivity contribution in [2.45, 2.75) is 13.8 Å². The Hall–Kier alpha value is -2.21. The SMILES string of the molecule is C#CCNC(=O)c1ccc2[nH]c(C)c(C)c2c1. The van der Waals surface area contributed by atoms with Crippen molar-refractivity contribution in [1.29, 1.82) is 0 Å². The summed E-state index contributed by atoms with van der Waals surface area (Å²) in [5, 5.41) is 3.73. The molecule has 1 aromatic heterocycles. The molecule has 0 aliphatic rings. The number of hydrogen-bond acceptors (Lipinski definition) is 1. The number of aromatic amines is 1. The molecule has 1 heterocycles. The number of H-pyrrole nitrogens is 1. The summed E-state index contributed by atoms with van der Waals surface area (Å²) in [4.78, 5) is 15.0. The standard InChI is InChI=1S/C14H14N2O/c1-4-7-15-14(17)11-5-6-13-12(8-11)9(2)10(3)16-13/h1,5-6,8,16H,7H2,2-3H3,(H,15,17). The zero-order valence-electron chi connectivity index (χ0n) is 9.92. The van der Waals surface area contributed by atoms with Crippen molar-refractivity contribution < 1.29 is 4.79 Å². The van der Waals surface area contributed by atoms with E-state index in [2.05, 4.69) is 16.2 Å². The molecule has 0 bridgehead atoms. The first kappa shape index (κ1) is 11.3. The van der Waals surface area contributed by atoms with Crippen LogP contribution in [-0.2, 0) is 0 Å². The van der Waals surface area contributed by atoms with Gasteiger partial charge in [0.15, 0.2) is 0 Å². The summed E-state index contributed by atoms with van der Waals surface area (Å²) in [5.41, 5.74) is 3.98. The van der Waals surface area contributed by atoms with Gasteiger partial charge in [0.05, 0.1) is 6.54 Å². The summed E-state index contributed by atoms with van der Waals surface area (Å²) in [7, 11) is 0. The van der Waals surface area contributed by atoms with Gasteiger partial charge in [-0.05, 0) is 37.6 Å². The van der Waals surface area contributed by atoms with Crippen LogP contribution in [0, 0.1) is 26.2 Å². The number of carbonyl (C=O) groups is 1. The van der Waals surface area contributed by atoms with Crippen LogP contribution in [0.2, 0.25) is 0 Å². The molecule has 0 saturated heterocycles. The van der Waals surface area contributed by atoms with Gasteiger partial charge in [-0.1, -0.05) is 5.92 Å². The lowest BCUT2D eigenvalue weighted by molar-refractivity contribution is 0.0959. The molecule has 1 amide bonds. The third-order valence-corrected chi connectivity index (χ3v) is 2.92. The molecule has 2 aromatic rings. The number of carbonyl (C=O) groups excluding carboxylic acids is 1. The Balaban J connectivity index is 2.41. The number of nitrogens with one attached hydrogen (secondary N) is 2. The van der Waals surface area contributed by atoms with E-state index in [0.717, 1.165) is 16.6 Å². The van der Waals surface area contributed by atoms with Crippen LogP contribution in [0.25, 0.3) is 10.9 Å². The largest absolute Gasteiger partial charge is 0.358 e. The van der Waals surface area contributed by atoms with Gasteiger partial charge in [0.1, 0.15) is 0 Å². The smallest absolute Gasteiger partial charge is 0.252 e. The Bertz CT molecular complexity index is 617. The zero-order chi connectivity index (χ0) is 12.4. The molecule has 0 aliphatic heterocycles. The zero-order valence-corrected chi connectivity index (χ0v) is 9.92. The van der Waals surface area contributed by atoms with Gasteiger partial charge < -0.3 is 10.3 Å². The second-order valence-electron chi connectivity index (χ2n) is 4.02. The third-order valence-electron chi connectivity index (χ3n) is 2.92. The number of rotatable bonds is 2. The van der Waals surface area contributed by atoms with E-state index in [1.54, 1.807) is 6.07 Å². The second-order valence-corrected chi connectivity index (χ2v) is 4.02. The molecule has 1 aromatic carbocycles. The molecular formula is C14H14N2O. The first-order valence-corrected chi connectivity index (χ1v) is 5.44. The molecular weight excluding hydrogens is 212 g/mol. The van der Waals surface area contributed by atoms with Gasteiger partial charge in [0.25, 0.3) is 5.91 Å². The lowest BCUT2D eigenvalue weighted by Gasteiger charge is -2.02. The quantitative estimate of drug-likeness (QED) is 0.757. The van der Waals surface area contributed by atoms with Crippen molar-refractivity contribution in [2.75, 3.05) is 6.54 Å². The lowest BCUT2D eigenvalue weighted by Crippen LogP contribution is -2.23. The summed E-state index contributed by atoms with van der Waals surface area (Å²) in [5.74, 6) is 2.25. The minimum atomic E-state index is -0.136. The molecule has 17 heavy (non-hydrogen) atoms. The minimum Gasteiger partial charge on any atom is -0.358 e. The molecule has 0 aliphatic carbocycles. The highest BCUT2D eigenvalue weighted by Crippen LogP contribution is 2.22. The van der Waals surface area contributed by atoms with Crippen molar-refractivity contribution in [2.24, 2.45) is 0 Å². The summed E-state index contributed by atoms with van der Waals surface area (Å²) in [6, 6.07) is 5.60. The molecule has 3 nitrogen and oxygen atoms in total. The number of terminal acetylenes is 1. The van der Waals surface area contributed by atoms with E-state index >= 15 is 0 Å². The van der Waals surface area contributed by atoms with Crippen molar-refractivity contribution in [1.82, 2.24) is 10.3 Å². The molecule has 0 fully saturated rings. The van der Waals surface area contributed by atoms with Gasteiger partial charge in [-0.15, -0.1) is 6.42 Å². The maximum absolute atomic E-state index is 11.7. The molecule has 2 N–H and O–H groups in total. The fraction of sp³-hybridized carbons (Fsp3) is 0.214. The second kappa shape index (κ2) is 4.34. The molecule has 0 radical (unpaired) electrons. The fourth-order valence-electron chi connectivity index (χ4n) is 1.84. The summed E-state index contributed by atoms with van der Waals surface area (Å²) >= 11 is 0. The first-order valence-electron chi connectivity index (χ1n) is 5.44. The van der Waals surface area contributed by atoms with Crippen LogP contribution in [-0.4, -0.2) is 17.4 Å². The number of amides is 1. The highest BCUT2D eigenvalue weighted by Gasteiger charge is 2.08. The van der Waals surface area contributed by atoms with Crippen molar-refractivity contribution in [3.63, 3.8) is 0 Å². The number of hydrogen-bond donors (Lipinski definition) is 2. The summed E-state index contributed by atoms with van der Waals surface area (Å²) < 4.78 is 0. The van der Waals surface area contributed by atoms with E-state index in [-0.39, 0.29) is 12.5 Å². The van der Waals surface area contributed by atoms with E-state index in [9.17, 15) is 4.79 Å².